The van der Waals surface area contributed by atoms with E-state index in [0.717, 1.165) is 36.3 Å². The summed E-state index contributed by atoms with van der Waals surface area (Å²) in [6, 6.07) is 13.7. The highest BCUT2D eigenvalue weighted by Gasteiger charge is 2.37. The lowest BCUT2D eigenvalue weighted by molar-refractivity contribution is -0.116. The van der Waals surface area contributed by atoms with E-state index in [2.05, 4.69) is 34.8 Å². The molecule has 2 heterocycles. The quantitative estimate of drug-likeness (QED) is 0.615. The molecule has 1 amide bonds. The molecule has 0 bridgehead atoms. The van der Waals surface area contributed by atoms with E-state index in [-0.39, 0.29) is 17.8 Å². The number of anilines is 1. The first-order valence-corrected chi connectivity index (χ1v) is 11.0. The van der Waals surface area contributed by atoms with Crippen LogP contribution in [0.1, 0.15) is 43.3 Å². The summed E-state index contributed by atoms with van der Waals surface area (Å²) in [5, 5.41) is 11.7. The van der Waals surface area contributed by atoms with Crippen LogP contribution in [0.4, 0.5) is 10.1 Å². The van der Waals surface area contributed by atoms with E-state index in [1.165, 1.54) is 29.5 Å². The molecule has 0 aliphatic carbocycles. The number of nitrogens with zero attached hydrogens (tertiary/aromatic N) is 3. The molecule has 3 aromatic rings. The van der Waals surface area contributed by atoms with Crippen LogP contribution in [-0.2, 0) is 17.6 Å². The molecule has 1 aromatic heterocycles. The maximum Gasteiger partial charge on any atom is 0.240 e. The molecule has 1 aliphatic rings. The van der Waals surface area contributed by atoms with Crippen molar-refractivity contribution in [2.75, 3.05) is 10.7 Å². The number of halogens is 1. The Balaban J connectivity index is 1.63. The normalized spacial score (nSPS) is 17.8. The molecule has 2 atom stereocenters. The van der Waals surface area contributed by atoms with Crippen LogP contribution in [0, 0.1) is 5.82 Å². The second-order valence-corrected chi connectivity index (χ2v) is 8.33. The van der Waals surface area contributed by atoms with Gasteiger partial charge in [0.15, 0.2) is 5.82 Å². The molecule has 4 rings (SSSR count). The highest BCUT2D eigenvalue weighted by Crippen LogP contribution is 2.37. The Morgan fingerprint density at radius 1 is 1.13 bits per heavy atom. The predicted molar refractivity (Wildman–Crippen MR) is 117 cm³/mol. The summed E-state index contributed by atoms with van der Waals surface area (Å²) in [4.78, 5) is 13.2. The first kappa shape index (κ1) is 20.4. The molecular formula is C22H24FN5OS. The Morgan fingerprint density at radius 2 is 1.87 bits per heavy atom. The summed E-state index contributed by atoms with van der Waals surface area (Å²) in [5.74, 6) is 0.370. The molecule has 2 aromatic carbocycles. The number of fused-ring (bicyclic) bond motifs is 1. The van der Waals surface area contributed by atoms with Crippen LogP contribution in [-0.4, -0.2) is 26.0 Å². The molecule has 0 saturated carbocycles. The molecule has 1 aliphatic heterocycles. The summed E-state index contributed by atoms with van der Waals surface area (Å²) in [6.45, 7) is 4.17. The van der Waals surface area contributed by atoms with Gasteiger partial charge in [-0.2, -0.15) is 0 Å². The number of hydrogen-bond acceptors (Lipinski definition) is 5. The van der Waals surface area contributed by atoms with Crippen LogP contribution in [0.2, 0.25) is 0 Å². The SMILES string of the molecule is CCCc1nnc2n1N[C@@H](c1ccc(F)cc1)[C@H](C(=O)Nc1ccc(CC)cc1)S2. The third-order valence-corrected chi connectivity index (χ3v) is 6.31. The van der Waals surface area contributed by atoms with Crippen LogP contribution in [0.25, 0.3) is 0 Å². The standard InChI is InChI=1S/C22H24FN5OS/c1-3-5-18-25-26-22-28(18)27-19(15-8-10-16(23)11-9-15)20(30-22)21(29)24-17-12-6-14(4-2)7-13-17/h6-13,19-20,27H,3-5H2,1-2H3,(H,24,29)/t19-,20+/m0/s1. The number of thioether (sulfide) groups is 1. The van der Waals surface area contributed by atoms with E-state index in [4.69, 9.17) is 0 Å². The monoisotopic (exact) mass is 425 g/mol. The molecular weight excluding hydrogens is 401 g/mol. The maximum absolute atomic E-state index is 13.5. The van der Waals surface area contributed by atoms with Crippen molar-refractivity contribution in [3.8, 4) is 0 Å². The smallest absolute Gasteiger partial charge is 0.240 e. The van der Waals surface area contributed by atoms with Crippen molar-refractivity contribution in [1.29, 1.82) is 0 Å². The molecule has 156 valence electrons. The van der Waals surface area contributed by atoms with Crippen molar-refractivity contribution in [2.24, 2.45) is 0 Å². The molecule has 2 N–H and O–H groups in total. The second kappa shape index (κ2) is 8.87. The van der Waals surface area contributed by atoms with Crippen LogP contribution in [0.3, 0.4) is 0 Å². The molecule has 8 heteroatoms. The van der Waals surface area contributed by atoms with E-state index >= 15 is 0 Å². The zero-order chi connectivity index (χ0) is 21.1. The summed E-state index contributed by atoms with van der Waals surface area (Å²) >= 11 is 1.37. The first-order chi connectivity index (χ1) is 14.6. The van der Waals surface area contributed by atoms with Gasteiger partial charge in [-0.25, -0.2) is 9.07 Å². The highest BCUT2D eigenvalue weighted by atomic mass is 32.2. The van der Waals surface area contributed by atoms with E-state index in [0.29, 0.717) is 5.16 Å². The lowest BCUT2D eigenvalue weighted by Crippen LogP contribution is -2.41. The Labute approximate surface area is 179 Å². The number of carbonyl (C=O) groups is 1. The van der Waals surface area contributed by atoms with Crippen LogP contribution in [0.15, 0.2) is 53.7 Å². The number of nitrogens with one attached hydrogen (secondary N) is 2. The van der Waals surface area contributed by atoms with Crippen molar-refractivity contribution < 1.29 is 9.18 Å². The maximum atomic E-state index is 13.5. The van der Waals surface area contributed by atoms with Crippen LogP contribution in [0.5, 0.6) is 0 Å². The average Bonchev–Trinajstić information content (AvgIpc) is 3.16. The van der Waals surface area contributed by atoms with Gasteiger partial charge in [-0.3, -0.25) is 4.79 Å². The Morgan fingerprint density at radius 3 is 2.53 bits per heavy atom. The lowest BCUT2D eigenvalue weighted by atomic mass is 10.0. The van der Waals surface area contributed by atoms with Crippen molar-refractivity contribution in [3.05, 3.63) is 71.3 Å². The number of aromatic nitrogens is 3. The van der Waals surface area contributed by atoms with Gasteiger partial charge in [0.05, 0.1) is 6.04 Å². The fourth-order valence-electron chi connectivity index (χ4n) is 3.44. The summed E-state index contributed by atoms with van der Waals surface area (Å²) in [7, 11) is 0. The number of hydrogen-bond donors (Lipinski definition) is 2. The summed E-state index contributed by atoms with van der Waals surface area (Å²) in [5.41, 5.74) is 6.17. The summed E-state index contributed by atoms with van der Waals surface area (Å²) in [6.07, 6.45) is 2.65. The van der Waals surface area contributed by atoms with Gasteiger partial charge in [0.25, 0.3) is 0 Å². The van der Waals surface area contributed by atoms with Crippen LogP contribution < -0.4 is 10.7 Å². The van der Waals surface area contributed by atoms with Gasteiger partial charge in [0.2, 0.25) is 11.1 Å². The number of carbonyl (C=O) groups excluding carboxylic acids is 1. The van der Waals surface area contributed by atoms with Gasteiger partial charge in [-0.05, 0) is 48.2 Å². The van der Waals surface area contributed by atoms with E-state index < -0.39 is 5.25 Å². The zero-order valence-electron chi connectivity index (χ0n) is 16.9. The van der Waals surface area contributed by atoms with E-state index in [1.807, 2.05) is 28.9 Å². The first-order valence-electron chi connectivity index (χ1n) is 10.1. The van der Waals surface area contributed by atoms with E-state index in [9.17, 15) is 9.18 Å². The molecule has 6 nitrogen and oxygen atoms in total. The highest BCUT2D eigenvalue weighted by molar-refractivity contribution is 8.00. The molecule has 0 fully saturated rings. The molecule has 0 unspecified atom stereocenters. The largest absolute Gasteiger partial charge is 0.325 e. The Hall–Kier alpha value is -2.87. The second-order valence-electron chi connectivity index (χ2n) is 7.22. The topological polar surface area (TPSA) is 71.8 Å². The van der Waals surface area contributed by atoms with Crippen molar-refractivity contribution in [2.45, 2.75) is 49.6 Å². The van der Waals surface area contributed by atoms with Gasteiger partial charge in [-0.15, -0.1) is 10.2 Å². The van der Waals surface area contributed by atoms with Gasteiger partial charge >= 0.3 is 0 Å². The minimum Gasteiger partial charge on any atom is -0.325 e. The number of rotatable bonds is 6. The number of amides is 1. The fourth-order valence-corrected chi connectivity index (χ4v) is 4.54. The Bertz CT molecular complexity index is 1020. The Kier molecular flexibility index (Phi) is 6.03. The van der Waals surface area contributed by atoms with Crippen molar-refractivity contribution in [3.63, 3.8) is 0 Å². The summed E-state index contributed by atoms with van der Waals surface area (Å²) < 4.78 is 15.3. The van der Waals surface area contributed by atoms with Gasteiger partial charge in [0.1, 0.15) is 11.1 Å². The minimum atomic E-state index is -0.493. The molecule has 0 spiro atoms. The van der Waals surface area contributed by atoms with Gasteiger partial charge in [-0.1, -0.05) is 49.9 Å². The predicted octanol–water partition coefficient (Wildman–Crippen LogP) is 4.33. The fraction of sp³-hybridized carbons (Fsp3) is 0.318. The minimum absolute atomic E-state index is 0.141. The third kappa shape index (κ3) is 4.18. The van der Waals surface area contributed by atoms with Gasteiger partial charge < -0.3 is 10.7 Å². The number of benzene rings is 2. The van der Waals surface area contributed by atoms with E-state index in [1.54, 1.807) is 12.1 Å². The molecule has 0 saturated heterocycles. The lowest BCUT2D eigenvalue weighted by Gasteiger charge is -2.33. The van der Waals surface area contributed by atoms with Crippen LogP contribution >= 0.6 is 11.8 Å². The average molecular weight is 426 g/mol. The molecule has 0 radical (unpaired) electrons. The van der Waals surface area contributed by atoms with Gasteiger partial charge in [0, 0.05) is 12.1 Å². The third-order valence-electron chi connectivity index (χ3n) is 5.09. The molecule has 30 heavy (non-hydrogen) atoms. The van der Waals surface area contributed by atoms with Crippen molar-refractivity contribution in [1.82, 2.24) is 14.9 Å². The number of aryl methyl sites for hydroxylation is 2. The zero-order valence-corrected chi connectivity index (χ0v) is 17.7. The van der Waals surface area contributed by atoms with Crippen molar-refractivity contribution >= 4 is 23.4 Å².